The lowest BCUT2D eigenvalue weighted by Crippen LogP contribution is -2.39. The van der Waals surface area contributed by atoms with E-state index in [4.69, 9.17) is 4.74 Å². The number of ether oxygens (including phenoxy) is 1. The summed E-state index contributed by atoms with van der Waals surface area (Å²) in [5.41, 5.74) is 0. The number of hydrogen-bond acceptors (Lipinski definition) is 4. The summed E-state index contributed by atoms with van der Waals surface area (Å²) in [6.07, 6.45) is 2.26. The quantitative estimate of drug-likeness (QED) is 0.768. The third kappa shape index (κ3) is 2.99. The maximum Gasteiger partial charge on any atom is 0.186 e. The zero-order valence-electron chi connectivity index (χ0n) is 11.3. The van der Waals surface area contributed by atoms with Crippen LogP contribution >= 0.6 is 11.3 Å². The molecule has 1 fully saturated rings. The van der Waals surface area contributed by atoms with Crippen molar-refractivity contribution in [1.29, 1.82) is 0 Å². The zero-order chi connectivity index (χ0) is 13.1. The van der Waals surface area contributed by atoms with Gasteiger partial charge in [-0.3, -0.25) is 9.69 Å². The van der Waals surface area contributed by atoms with Crippen molar-refractivity contribution < 1.29 is 9.53 Å². The molecule has 2 unspecified atom stereocenters. The Balaban J connectivity index is 1.94. The maximum absolute atomic E-state index is 12.2. The molecule has 4 heteroatoms. The number of thiophene rings is 1. The summed E-state index contributed by atoms with van der Waals surface area (Å²) < 4.78 is 5.54. The van der Waals surface area contributed by atoms with Crippen LogP contribution in [0.25, 0.3) is 0 Å². The van der Waals surface area contributed by atoms with Crippen molar-refractivity contribution in [2.45, 2.75) is 38.8 Å². The van der Waals surface area contributed by atoms with Crippen molar-refractivity contribution in [2.24, 2.45) is 0 Å². The largest absolute Gasteiger partial charge is 0.377 e. The number of likely N-dealkylation sites (N-methyl/N-ethyl adjacent to an activating group) is 1. The molecule has 2 heterocycles. The van der Waals surface area contributed by atoms with Crippen LogP contribution in [0.2, 0.25) is 0 Å². The Morgan fingerprint density at radius 3 is 2.89 bits per heavy atom. The fraction of sp³-hybridized carbons (Fsp3) is 0.643. The molecule has 1 aromatic rings. The SMILES string of the molecule is CCc1ccc(C(=O)CN(C)C2CCOC2C)s1. The van der Waals surface area contributed by atoms with Crippen molar-refractivity contribution in [3.8, 4) is 0 Å². The second-order valence-corrected chi connectivity index (χ2v) is 6.06. The van der Waals surface area contributed by atoms with E-state index in [1.54, 1.807) is 11.3 Å². The van der Waals surface area contributed by atoms with Crippen molar-refractivity contribution >= 4 is 17.1 Å². The molecule has 0 saturated carbocycles. The lowest BCUT2D eigenvalue weighted by Gasteiger charge is -2.25. The molecule has 0 aromatic carbocycles. The first-order valence-corrected chi connectivity index (χ1v) is 7.37. The minimum absolute atomic E-state index is 0.223. The van der Waals surface area contributed by atoms with Gasteiger partial charge in [0.05, 0.1) is 17.5 Å². The first kappa shape index (κ1) is 13.7. The van der Waals surface area contributed by atoms with E-state index in [1.165, 1.54) is 4.88 Å². The summed E-state index contributed by atoms with van der Waals surface area (Å²) in [6.45, 7) is 5.49. The van der Waals surface area contributed by atoms with Crippen LogP contribution in [0, 0.1) is 0 Å². The van der Waals surface area contributed by atoms with Crippen LogP contribution in [0.1, 0.15) is 34.8 Å². The van der Waals surface area contributed by atoms with E-state index in [0.29, 0.717) is 12.6 Å². The molecule has 1 aliphatic heterocycles. The minimum Gasteiger partial charge on any atom is -0.377 e. The Morgan fingerprint density at radius 1 is 1.56 bits per heavy atom. The van der Waals surface area contributed by atoms with Crippen LogP contribution in [0.4, 0.5) is 0 Å². The Hall–Kier alpha value is -0.710. The lowest BCUT2D eigenvalue weighted by molar-refractivity contribution is 0.0748. The molecule has 1 aliphatic rings. The van der Waals surface area contributed by atoms with Gasteiger partial charge in [0.15, 0.2) is 5.78 Å². The van der Waals surface area contributed by atoms with E-state index >= 15 is 0 Å². The van der Waals surface area contributed by atoms with Gasteiger partial charge in [0, 0.05) is 17.5 Å². The highest BCUT2D eigenvalue weighted by molar-refractivity contribution is 7.14. The molecule has 2 rings (SSSR count). The van der Waals surface area contributed by atoms with Gasteiger partial charge in [-0.15, -0.1) is 11.3 Å². The van der Waals surface area contributed by atoms with Crippen LogP contribution in [0.3, 0.4) is 0 Å². The summed E-state index contributed by atoms with van der Waals surface area (Å²) >= 11 is 1.62. The average Bonchev–Trinajstić information content (AvgIpc) is 2.96. The number of rotatable bonds is 5. The molecule has 0 aliphatic carbocycles. The van der Waals surface area contributed by atoms with Gasteiger partial charge in [-0.2, -0.15) is 0 Å². The number of hydrogen-bond donors (Lipinski definition) is 0. The number of nitrogens with zero attached hydrogens (tertiary/aromatic N) is 1. The highest BCUT2D eigenvalue weighted by Crippen LogP contribution is 2.21. The fourth-order valence-electron chi connectivity index (χ4n) is 2.44. The van der Waals surface area contributed by atoms with Gasteiger partial charge in [-0.05, 0) is 38.9 Å². The number of ketones is 1. The Labute approximate surface area is 113 Å². The predicted molar refractivity (Wildman–Crippen MR) is 74.5 cm³/mol. The van der Waals surface area contributed by atoms with E-state index in [-0.39, 0.29) is 11.9 Å². The molecule has 1 aromatic heterocycles. The topological polar surface area (TPSA) is 29.5 Å². The second kappa shape index (κ2) is 5.95. The van der Waals surface area contributed by atoms with Gasteiger partial charge >= 0.3 is 0 Å². The molecule has 18 heavy (non-hydrogen) atoms. The summed E-state index contributed by atoms with van der Waals surface area (Å²) in [5.74, 6) is 0.223. The summed E-state index contributed by atoms with van der Waals surface area (Å²) in [7, 11) is 2.02. The third-order valence-electron chi connectivity index (χ3n) is 3.58. The normalized spacial score (nSPS) is 23.8. The Bertz CT molecular complexity index is 416. The zero-order valence-corrected chi connectivity index (χ0v) is 12.1. The molecule has 100 valence electrons. The van der Waals surface area contributed by atoms with Crippen LogP contribution in [0.5, 0.6) is 0 Å². The van der Waals surface area contributed by atoms with Crippen molar-refractivity contribution in [2.75, 3.05) is 20.2 Å². The van der Waals surface area contributed by atoms with E-state index in [1.807, 2.05) is 13.1 Å². The number of Topliss-reactive ketones (excluding diaryl/α,β-unsaturated/α-hetero) is 1. The number of carbonyl (C=O) groups is 1. The smallest absolute Gasteiger partial charge is 0.186 e. The number of aryl methyl sites for hydroxylation is 1. The van der Waals surface area contributed by atoms with Crippen LogP contribution in [0.15, 0.2) is 12.1 Å². The molecule has 0 spiro atoms. The van der Waals surface area contributed by atoms with Gasteiger partial charge in [0.1, 0.15) is 0 Å². The van der Waals surface area contributed by atoms with Crippen LogP contribution in [-0.2, 0) is 11.2 Å². The summed E-state index contributed by atoms with van der Waals surface area (Å²) in [4.78, 5) is 16.5. The standard InChI is InChI=1S/C14H21NO2S/c1-4-11-5-6-14(18-11)13(16)9-15(3)12-7-8-17-10(12)2/h5-6,10,12H,4,7-9H2,1-3H3. The molecule has 1 saturated heterocycles. The van der Waals surface area contributed by atoms with Crippen LogP contribution in [-0.4, -0.2) is 43.0 Å². The first-order chi connectivity index (χ1) is 8.61. The summed E-state index contributed by atoms with van der Waals surface area (Å²) in [5, 5.41) is 0. The van der Waals surface area contributed by atoms with Gasteiger partial charge < -0.3 is 4.74 Å². The minimum atomic E-state index is 0.223. The first-order valence-electron chi connectivity index (χ1n) is 6.55. The maximum atomic E-state index is 12.2. The molecular weight excluding hydrogens is 246 g/mol. The molecule has 2 atom stereocenters. The Kier molecular flexibility index (Phi) is 4.54. The third-order valence-corrected chi connectivity index (χ3v) is 4.85. The van der Waals surface area contributed by atoms with Gasteiger partial charge in [-0.1, -0.05) is 6.92 Å². The molecule has 3 nitrogen and oxygen atoms in total. The van der Waals surface area contributed by atoms with Gasteiger partial charge in [0.25, 0.3) is 0 Å². The molecular formula is C14H21NO2S. The Morgan fingerprint density at radius 2 is 2.33 bits per heavy atom. The van der Waals surface area contributed by atoms with Crippen molar-refractivity contribution in [3.63, 3.8) is 0 Å². The van der Waals surface area contributed by atoms with Crippen LogP contribution < -0.4 is 0 Å². The second-order valence-electron chi connectivity index (χ2n) is 4.89. The van der Waals surface area contributed by atoms with Crippen molar-refractivity contribution in [3.05, 3.63) is 21.9 Å². The van der Waals surface area contributed by atoms with Gasteiger partial charge in [-0.25, -0.2) is 0 Å². The van der Waals surface area contributed by atoms with E-state index < -0.39 is 0 Å². The molecule has 0 bridgehead atoms. The molecule has 0 amide bonds. The lowest BCUT2D eigenvalue weighted by atomic mass is 10.1. The highest BCUT2D eigenvalue weighted by Gasteiger charge is 2.29. The van der Waals surface area contributed by atoms with E-state index in [2.05, 4.69) is 24.8 Å². The van der Waals surface area contributed by atoms with Crippen molar-refractivity contribution in [1.82, 2.24) is 4.90 Å². The highest BCUT2D eigenvalue weighted by atomic mass is 32.1. The van der Waals surface area contributed by atoms with E-state index in [0.717, 1.165) is 24.3 Å². The average molecular weight is 267 g/mol. The van der Waals surface area contributed by atoms with E-state index in [9.17, 15) is 4.79 Å². The van der Waals surface area contributed by atoms with Gasteiger partial charge in [0.2, 0.25) is 0 Å². The molecule has 0 radical (unpaired) electrons. The predicted octanol–water partition coefficient (Wildman–Crippen LogP) is 2.60. The number of carbonyl (C=O) groups excluding carboxylic acids is 1. The fourth-order valence-corrected chi connectivity index (χ4v) is 3.32. The molecule has 0 N–H and O–H groups in total. The summed E-state index contributed by atoms with van der Waals surface area (Å²) in [6, 6.07) is 4.38. The monoisotopic (exact) mass is 267 g/mol.